The highest BCUT2D eigenvalue weighted by Gasteiger charge is 2.22. The van der Waals surface area contributed by atoms with Crippen LogP contribution in [0, 0.1) is 0 Å². The highest BCUT2D eigenvalue weighted by Crippen LogP contribution is 2.46. The number of thioether (sulfide) groups is 1. The summed E-state index contributed by atoms with van der Waals surface area (Å²) in [6.07, 6.45) is 6.36. The monoisotopic (exact) mass is 436 g/mol. The maximum atomic E-state index is 4.59. The summed E-state index contributed by atoms with van der Waals surface area (Å²) in [5, 5.41) is 3.88. The normalized spacial score (nSPS) is 15.8. The van der Waals surface area contributed by atoms with Crippen LogP contribution in [0.3, 0.4) is 0 Å². The molecule has 4 aromatic rings. The molecule has 0 radical (unpaired) electrons. The molecule has 5 rings (SSSR count). The number of hydrogen-bond acceptors (Lipinski definition) is 3. The molecule has 3 aromatic carbocycles. The molecule has 0 aliphatic carbocycles. The van der Waals surface area contributed by atoms with Gasteiger partial charge in [0.2, 0.25) is 0 Å². The highest BCUT2D eigenvalue weighted by atomic mass is 32.2. The summed E-state index contributed by atoms with van der Waals surface area (Å²) in [5.41, 5.74) is 8.65. The molecule has 0 fully saturated rings. The van der Waals surface area contributed by atoms with E-state index in [4.69, 9.17) is 0 Å². The van der Waals surface area contributed by atoms with Crippen LogP contribution in [0.25, 0.3) is 22.3 Å². The van der Waals surface area contributed by atoms with E-state index in [1.807, 2.05) is 24.2 Å². The van der Waals surface area contributed by atoms with E-state index < -0.39 is 0 Å². The Labute approximate surface area is 195 Å². The van der Waals surface area contributed by atoms with Crippen LogP contribution in [0.4, 0.5) is 5.69 Å². The lowest BCUT2D eigenvalue weighted by Crippen LogP contribution is -2.01. The van der Waals surface area contributed by atoms with Crippen molar-refractivity contribution in [3.8, 4) is 22.3 Å². The molecule has 1 aliphatic heterocycles. The van der Waals surface area contributed by atoms with Crippen molar-refractivity contribution < 1.29 is 0 Å². The van der Waals surface area contributed by atoms with Crippen LogP contribution in [-0.4, -0.2) is 4.98 Å². The third-order valence-corrected chi connectivity index (χ3v) is 7.43. The van der Waals surface area contributed by atoms with Gasteiger partial charge in [-0.2, -0.15) is 0 Å². The minimum absolute atomic E-state index is 0.236. The Morgan fingerprint density at radius 2 is 1.59 bits per heavy atom. The van der Waals surface area contributed by atoms with Crippen LogP contribution >= 0.6 is 11.8 Å². The molecule has 1 N–H and O–H groups in total. The molecule has 0 saturated carbocycles. The third-order valence-electron chi connectivity index (χ3n) is 6.19. The Morgan fingerprint density at radius 3 is 2.38 bits per heavy atom. The van der Waals surface area contributed by atoms with E-state index in [1.54, 1.807) is 0 Å². The summed E-state index contributed by atoms with van der Waals surface area (Å²) in [7, 11) is 0. The zero-order chi connectivity index (χ0) is 21.9. The Hall–Kier alpha value is -3.04. The summed E-state index contributed by atoms with van der Waals surface area (Å²) < 4.78 is 0. The number of benzene rings is 3. The fourth-order valence-electron chi connectivity index (χ4n) is 4.40. The van der Waals surface area contributed by atoms with Gasteiger partial charge in [-0.3, -0.25) is 4.98 Å². The van der Waals surface area contributed by atoms with Crippen LogP contribution < -0.4 is 5.32 Å². The van der Waals surface area contributed by atoms with E-state index in [-0.39, 0.29) is 5.37 Å². The Morgan fingerprint density at radius 1 is 0.844 bits per heavy atom. The van der Waals surface area contributed by atoms with Crippen molar-refractivity contribution in [2.75, 3.05) is 5.32 Å². The minimum atomic E-state index is 0.236. The predicted octanol–water partition coefficient (Wildman–Crippen LogP) is 8.54. The van der Waals surface area contributed by atoms with Gasteiger partial charge >= 0.3 is 0 Å². The Balaban J connectivity index is 1.42. The van der Waals surface area contributed by atoms with Crippen molar-refractivity contribution in [2.45, 2.75) is 42.9 Å². The molecule has 0 bridgehead atoms. The first-order chi connectivity index (χ1) is 15.7. The van der Waals surface area contributed by atoms with Gasteiger partial charge in [-0.1, -0.05) is 86.6 Å². The second-order valence-corrected chi connectivity index (χ2v) is 9.69. The van der Waals surface area contributed by atoms with Crippen molar-refractivity contribution in [3.63, 3.8) is 0 Å². The zero-order valence-corrected chi connectivity index (χ0v) is 19.4. The molecule has 0 spiro atoms. The number of anilines is 1. The summed E-state index contributed by atoms with van der Waals surface area (Å²) in [6, 6.07) is 28.5. The number of hydrogen-bond donors (Lipinski definition) is 1. The van der Waals surface area contributed by atoms with Crippen molar-refractivity contribution in [1.29, 1.82) is 0 Å². The maximum absolute atomic E-state index is 4.59. The molecule has 1 aromatic heterocycles. The van der Waals surface area contributed by atoms with Crippen LogP contribution in [0.2, 0.25) is 0 Å². The topological polar surface area (TPSA) is 24.9 Å². The van der Waals surface area contributed by atoms with Crippen LogP contribution in [0.1, 0.15) is 49.1 Å². The summed E-state index contributed by atoms with van der Waals surface area (Å²) in [5.74, 6) is 0.577. The number of aromatic nitrogens is 1. The van der Waals surface area contributed by atoms with E-state index in [0.717, 1.165) is 5.56 Å². The molecule has 32 heavy (non-hydrogen) atoms. The van der Waals surface area contributed by atoms with Gasteiger partial charge in [0, 0.05) is 34.1 Å². The molecular formula is C29H28N2S. The van der Waals surface area contributed by atoms with Crippen LogP contribution in [0.15, 0.2) is 96.2 Å². The average Bonchev–Trinajstić information content (AvgIpc) is 3.29. The average molecular weight is 437 g/mol. The number of fused-ring (bicyclic) bond motifs is 1. The van der Waals surface area contributed by atoms with Crippen molar-refractivity contribution >= 4 is 17.4 Å². The molecule has 2 atom stereocenters. The van der Waals surface area contributed by atoms with Crippen LogP contribution in [-0.2, 0) is 0 Å². The Bertz CT molecular complexity index is 1210. The SMILES string of the molecule is CCCC(C)c1cccc(-c2cncc(-c3cccc(C4Nc5ccccc5S4)c3)c2)c1. The van der Waals surface area contributed by atoms with Gasteiger partial charge in [-0.05, 0) is 58.9 Å². The Kier molecular flexibility index (Phi) is 6.00. The third kappa shape index (κ3) is 4.31. The van der Waals surface area contributed by atoms with Gasteiger partial charge in [0.05, 0.1) is 0 Å². The fourth-order valence-corrected chi connectivity index (χ4v) is 5.53. The number of para-hydroxylation sites is 1. The van der Waals surface area contributed by atoms with Gasteiger partial charge in [0.25, 0.3) is 0 Å². The maximum Gasteiger partial charge on any atom is 0.103 e. The second-order valence-electron chi connectivity index (χ2n) is 8.54. The second kappa shape index (κ2) is 9.22. The highest BCUT2D eigenvalue weighted by molar-refractivity contribution is 8.00. The standard InChI is InChI=1S/C29H28N2S/c1-3-8-20(2)21-9-6-10-22(15-21)25-17-26(19-30-18-25)23-11-7-12-24(16-23)29-31-27-13-4-5-14-28(27)32-29/h4-7,9-20,29,31H,3,8H2,1-2H3. The molecule has 0 saturated heterocycles. The largest absolute Gasteiger partial charge is 0.368 e. The van der Waals surface area contributed by atoms with E-state index >= 15 is 0 Å². The minimum Gasteiger partial charge on any atom is -0.368 e. The smallest absolute Gasteiger partial charge is 0.103 e. The first kappa shape index (κ1) is 20.8. The quantitative estimate of drug-likeness (QED) is 0.328. The molecule has 2 unspecified atom stereocenters. The van der Waals surface area contributed by atoms with Gasteiger partial charge < -0.3 is 5.32 Å². The first-order valence-corrected chi connectivity index (χ1v) is 12.3. The number of nitrogens with zero attached hydrogens (tertiary/aromatic N) is 1. The van der Waals surface area contributed by atoms with Gasteiger partial charge in [-0.15, -0.1) is 0 Å². The van der Waals surface area contributed by atoms with Gasteiger partial charge in [-0.25, -0.2) is 0 Å². The van der Waals surface area contributed by atoms with Gasteiger partial charge in [0.15, 0.2) is 0 Å². The predicted molar refractivity (Wildman–Crippen MR) is 137 cm³/mol. The lowest BCUT2D eigenvalue weighted by Gasteiger charge is -2.14. The summed E-state index contributed by atoms with van der Waals surface area (Å²) >= 11 is 1.87. The summed E-state index contributed by atoms with van der Waals surface area (Å²) in [6.45, 7) is 4.57. The zero-order valence-electron chi connectivity index (χ0n) is 18.6. The van der Waals surface area contributed by atoms with E-state index in [1.165, 1.54) is 51.2 Å². The fraction of sp³-hybridized carbons (Fsp3) is 0.207. The van der Waals surface area contributed by atoms with E-state index in [2.05, 4.69) is 103 Å². The van der Waals surface area contributed by atoms with E-state index in [0.29, 0.717) is 5.92 Å². The summed E-state index contributed by atoms with van der Waals surface area (Å²) in [4.78, 5) is 5.90. The lowest BCUT2D eigenvalue weighted by molar-refractivity contribution is 0.665. The molecule has 160 valence electrons. The first-order valence-electron chi connectivity index (χ1n) is 11.4. The lowest BCUT2D eigenvalue weighted by atomic mass is 9.93. The molecule has 3 heteroatoms. The number of pyridine rings is 1. The van der Waals surface area contributed by atoms with Crippen molar-refractivity contribution in [3.05, 3.63) is 102 Å². The number of nitrogens with one attached hydrogen (secondary N) is 1. The van der Waals surface area contributed by atoms with Crippen molar-refractivity contribution in [1.82, 2.24) is 4.98 Å². The van der Waals surface area contributed by atoms with Crippen LogP contribution in [0.5, 0.6) is 0 Å². The molecule has 0 amide bonds. The van der Waals surface area contributed by atoms with E-state index in [9.17, 15) is 0 Å². The molecular weight excluding hydrogens is 408 g/mol. The number of rotatable bonds is 6. The van der Waals surface area contributed by atoms with Crippen molar-refractivity contribution in [2.24, 2.45) is 0 Å². The molecule has 2 nitrogen and oxygen atoms in total. The molecule has 2 heterocycles. The van der Waals surface area contributed by atoms with Gasteiger partial charge in [0.1, 0.15) is 5.37 Å². The molecule has 1 aliphatic rings.